The Bertz CT molecular complexity index is 587. The SMILES string of the molecule is C#Cc1cccc(NC(=O)N2CCN(C(=O)OCC)CC2)c1. The van der Waals surface area contributed by atoms with Gasteiger partial charge in [0.1, 0.15) is 0 Å². The van der Waals surface area contributed by atoms with Crippen molar-refractivity contribution in [2.75, 3.05) is 38.1 Å². The van der Waals surface area contributed by atoms with Gasteiger partial charge in [0.2, 0.25) is 0 Å². The summed E-state index contributed by atoms with van der Waals surface area (Å²) < 4.78 is 4.95. The highest BCUT2D eigenvalue weighted by Gasteiger charge is 2.24. The van der Waals surface area contributed by atoms with E-state index in [0.29, 0.717) is 44.0 Å². The van der Waals surface area contributed by atoms with E-state index in [1.807, 2.05) is 0 Å². The zero-order chi connectivity index (χ0) is 15.9. The fraction of sp³-hybridized carbons (Fsp3) is 0.375. The highest BCUT2D eigenvalue weighted by molar-refractivity contribution is 5.89. The van der Waals surface area contributed by atoms with Crippen molar-refractivity contribution >= 4 is 17.8 Å². The summed E-state index contributed by atoms with van der Waals surface area (Å²) >= 11 is 0. The van der Waals surface area contributed by atoms with Crippen LogP contribution in [-0.4, -0.2) is 54.7 Å². The van der Waals surface area contributed by atoms with Crippen LogP contribution in [0.2, 0.25) is 0 Å². The van der Waals surface area contributed by atoms with Crippen LogP contribution in [0, 0.1) is 12.3 Å². The number of terminal acetylenes is 1. The smallest absolute Gasteiger partial charge is 0.409 e. The number of urea groups is 1. The number of hydrogen-bond donors (Lipinski definition) is 1. The molecule has 0 atom stereocenters. The molecule has 1 heterocycles. The first-order chi connectivity index (χ1) is 10.6. The molecule has 22 heavy (non-hydrogen) atoms. The Labute approximate surface area is 130 Å². The molecule has 0 aliphatic carbocycles. The molecule has 3 amide bonds. The summed E-state index contributed by atoms with van der Waals surface area (Å²) in [5, 5.41) is 2.81. The first kappa shape index (κ1) is 15.7. The minimum absolute atomic E-state index is 0.197. The molecular weight excluding hydrogens is 282 g/mol. The zero-order valence-corrected chi connectivity index (χ0v) is 12.5. The molecule has 6 heteroatoms. The third-order valence-electron chi connectivity index (χ3n) is 3.37. The molecular formula is C16H19N3O3. The van der Waals surface area contributed by atoms with Gasteiger partial charge in [-0.05, 0) is 25.1 Å². The maximum absolute atomic E-state index is 12.2. The van der Waals surface area contributed by atoms with Crippen molar-refractivity contribution < 1.29 is 14.3 Å². The number of carbonyl (C=O) groups is 2. The van der Waals surface area contributed by atoms with E-state index in [1.54, 1.807) is 41.0 Å². The Kier molecular flexibility index (Phi) is 5.26. The maximum atomic E-state index is 12.2. The van der Waals surface area contributed by atoms with Crippen molar-refractivity contribution in [3.63, 3.8) is 0 Å². The number of amides is 3. The van der Waals surface area contributed by atoms with Crippen molar-refractivity contribution in [3.8, 4) is 12.3 Å². The summed E-state index contributed by atoms with van der Waals surface area (Å²) in [6, 6.07) is 6.93. The van der Waals surface area contributed by atoms with Crippen LogP contribution in [0.25, 0.3) is 0 Å². The number of nitrogens with one attached hydrogen (secondary N) is 1. The van der Waals surface area contributed by atoms with Gasteiger partial charge in [-0.3, -0.25) is 0 Å². The van der Waals surface area contributed by atoms with E-state index in [-0.39, 0.29) is 12.1 Å². The molecule has 0 aromatic heterocycles. The third kappa shape index (κ3) is 3.92. The predicted molar refractivity (Wildman–Crippen MR) is 83.6 cm³/mol. The second kappa shape index (κ2) is 7.36. The number of carbonyl (C=O) groups excluding carboxylic acids is 2. The second-order valence-corrected chi connectivity index (χ2v) is 4.83. The summed E-state index contributed by atoms with van der Waals surface area (Å²) in [5.74, 6) is 2.53. The maximum Gasteiger partial charge on any atom is 0.409 e. The lowest BCUT2D eigenvalue weighted by Gasteiger charge is -2.34. The minimum atomic E-state index is -0.329. The number of benzene rings is 1. The Morgan fingerprint density at radius 1 is 1.27 bits per heavy atom. The standard InChI is InChI=1S/C16H19N3O3/c1-3-13-6-5-7-14(12-13)17-15(20)18-8-10-19(11-9-18)16(21)22-4-2/h1,5-7,12H,4,8-11H2,2H3,(H,17,20). The Balaban J connectivity index is 1.87. The van der Waals surface area contributed by atoms with Crippen molar-refractivity contribution in [1.82, 2.24) is 9.80 Å². The van der Waals surface area contributed by atoms with E-state index >= 15 is 0 Å². The molecule has 1 fully saturated rings. The van der Waals surface area contributed by atoms with Gasteiger partial charge in [0.05, 0.1) is 6.61 Å². The van der Waals surface area contributed by atoms with E-state index in [9.17, 15) is 9.59 Å². The van der Waals surface area contributed by atoms with Crippen LogP contribution >= 0.6 is 0 Å². The Morgan fingerprint density at radius 3 is 2.59 bits per heavy atom. The van der Waals surface area contributed by atoms with E-state index in [4.69, 9.17) is 11.2 Å². The average Bonchev–Trinajstić information content (AvgIpc) is 2.55. The van der Waals surface area contributed by atoms with Crippen LogP contribution in [0.1, 0.15) is 12.5 Å². The molecule has 1 saturated heterocycles. The summed E-state index contributed by atoms with van der Waals surface area (Å²) in [4.78, 5) is 27.1. The van der Waals surface area contributed by atoms with E-state index in [2.05, 4.69) is 11.2 Å². The first-order valence-corrected chi connectivity index (χ1v) is 7.18. The third-order valence-corrected chi connectivity index (χ3v) is 3.37. The van der Waals surface area contributed by atoms with Gasteiger partial charge in [-0.15, -0.1) is 6.42 Å². The van der Waals surface area contributed by atoms with Crippen molar-refractivity contribution in [2.45, 2.75) is 6.92 Å². The molecule has 0 spiro atoms. The predicted octanol–water partition coefficient (Wildman–Crippen LogP) is 1.97. The van der Waals surface area contributed by atoms with Gasteiger partial charge < -0.3 is 19.9 Å². The Hall–Kier alpha value is -2.68. The monoisotopic (exact) mass is 301 g/mol. The van der Waals surface area contributed by atoms with Crippen molar-refractivity contribution in [2.24, 2.45) is 0 Å². The summed E-state index contributed by atoms with van der Waals surface area (Å²) in [7, 11) is 0. The lowest BCUT2D eigenvalue weighted by atomic mass is 10.2. The molecule has 2 rings (SSSR count). The Morgan fingerprint density at radius 2 is 1.95 bits per heavy atom. The molecule has 1 aromatic rings. The number of anilines is 1. The molecule has 1 aliphatic rings. The fourth-order valence-corrected chi connectivity index (χ4v) is 2.20. The van der Waals surface area contributed by atoms with Crippen LogP contribution in [0.15, 0.2) is 24.3 Å². The molecule has 0 unspecified atom stereocenters. The van der Waals surface area contributed by atoms with E-state index in [0.717, 1.165) is 0 Å². The van der Waals surface area contributed by atoms with Crippen molar-refractivity contribution in [1.29, 1.82) is 0 Å². The quantitative estimate of drug-likeness (QED) is 0.850. The van der Waals surface area contributed by atoms with Crippen LogP contribution in [0.4, 0.5) is 15.3 Å². The largest absolute Gasteiger partial charge is 0.450 e. The van der Waals surface area contributed by atoms with Crippen molar-refractivity contribution in [3.05, 3.63) is 29.8 Å². The van der Waals surface area contributed by atoms with Crippen LogP contribution < -0.4 is 5.32 Å². The van der Waals surface area contributed by atoms with Gasteiger partial charge in [-0.25, -0.2) is 9.59 Å². The fourth-order valence-electron chi connectivity index (χ4n) is 2.20. The summed E-state index contributed by atoms with van der Waals surface area (Å²) in [5.41, 5.74) is 1.37. The van der Waals surface area contributed by atoms with Crippen LogP contribution in [0.3, 0.4) is 0 Å². The number of rotatable bonds is 2. The van der Waals surface area contributed by atoms with Gasteiger partial charge in [0.25, 0.3) is 0 Å². The van der Waals surface area contributed by atoms with Gasteiger partial charge >= 0.3 is 12.1 Å². The van der Waals surface area contributed by atoms with Gasteiger partial charge in [0, 0.05) is 37.4 Å². The molecule has 1 aromatic carbocycles. The molecule has 0 bridgehead atoms. The van der Waals surface area contributed by atoms with Gasteiger partial charge in [0.15, 0.2) is 0 Å². The normalized spacial score (nSPS) is 14.2. The zero-order valence-electron chi connectivity index (χ0n) is 12.5. The van der Waals surface area contributed by atoms with Gasteiger partial charge in [-0.1, -0.05) is 12.0 Å². The second-order valence-electron chi connectivity index (χ2n) is 4.83. The number of hydrogen-bond acceptors (Lipinski definition) is 3. The molecule has 1 aliphatic heterocycles. The number of nitrogens with zero attached hydrogens (tertiary/aromatic N) is 2. The van der Waals surface area contributed by atoms with E-state index in [1.165, 1.54) is 0 Å². The van der Waals surface area contributed by atoms with Crippen LogP contribution in [-0.2, 0) is 4.74 Å². The highest BCUT2D eigenvalue weighted by atomic mass is 16.6. The molecule has 0 radical (unpaired) electrons. The number of ether oxygens (including phenoxy) is 1. The topological polar surface area (TPSA) is 61.9 Å². The van der Waals surface area contributed by atoms with Crippen LogP contribution in [0.5, 0.6) is 0 Å². The molecule has 1 N–H and O–H groups in total. The lowest BCUT2D eigenvalue weighted by Crippen LogP contribution is -2.51. The lowest BCUT2D eigenvalue weighted by molar-refractivity contribution is 0.0868. The average molecular weight is 301 g/mol. The van der Waals surface area contributed by atoms with Gasteiger partial charge in [-0.2, -0.15) is 0 Å². The highest BCUT2D eigenvalue weighted by Crippen LogP contribution is 2.12. The summed E-state index contributed by atoms with van der Waals surface area (Å²) in [6.07, 6.45) is 5.01. The molecule has 116 valence electrons. The first-order valence-electron chi connectivity index (χ1n) is 7.18. The number of piperazine rings is 1. The minimum Gasteiger partial charge on any atom is -0.450 e. The molecule has 6 nitrogen and oxygen atoms in total. The van der Waals surface area contributed by atoms with E-state index < -0.39 is 0 Å². The molecule has 0 saturated carbocycles. The summed E-state index contributed by atoms with van der Waals surface area (Å²) in [6.45, 7) is 4.00.